The summed E-state index contributed by atoms with van der Waals surface area (Å²) in [4.78, 5) is 11.7. The zero-order chi connectivity index (χ0) is 11.3. The molecule has 3 N–H and O–H groups in total. The van der Waals surface area contributed by atoms with Crippen LogP contribution in [0.4, 0.5) is 0 Å². The Bertz CT molecular complexity index is 398. The molecule has 0 unspecified atom stereocenters. The van der Waals surface area contributed by atoms with E-state index in [0.717, 1.165) is 6.42 Å². The highest BCUT2D eigenvalue weighted by molar-refractivity contribution is 5.94. The van der Waals surface area contributed by atoms with Crippen molar-refractivity contribution in [2.24, 2.45) is 5.73 Å². The number of nitrogens with one attached hydrogen (secondary N) is 1. The third kappa shape index (κ3) is 2.92. The number of aromatic nitrogens is 1. The standard InChI is InChI=1S/C10H15N3O2/c1-15-7-3-6-13-5-2-4-8(9(11)12)10(13)14/h2,4-5H,3,6-7H2,1H3,(H3,11,12). The molecule has 0 aliphatic carbocycles. The van der Waals surface area contributed by atoms with Crippen LogP contribution in [-0.4, -0.2) is 24.1 Å². The second-order valence-electron chi connectivity index (χ2n) is 3.18. The van der Waals surface area contributed by atoms with Gasteiger partial charge in [0.05, 0.1) is 5.56 Å². The molecule has 0 saturated carbocycles. The van der Waals surface area contributed by atoms with E-state index in [2.05, 4.69) is 0 Å². The van der Waals surface area contributed by atoms with Crippen LogP contribution in [0.1, 0.15) is 12.0 Å². The van der Waals surface area contributed by atoms with Gasteiger partial charge in [-0.15, -0.1) is 0 Å². The summed E-state index contributed by atoms with van der Waals surface area (Å²) < 4.78 is 6.44. The van der Waals surface area contributed by atoms with Crippen molar-refractivity contribution in [1.29, 1.82) is 5.41 Å². The first-order valence-corrected chi connectivity index (χ1v) is 4.69. The summed E-state index contributed by atoms with van der Waals surface area (Å²) in [5, 5.41) is 7.23. The van der Waals surface area contributed by atoms with Gasteiger partial charge in [-0.1, -0.05) is 0 Å². The molecule has 0 spiro atoms. The lowest BCUT2D eigenvalue weighted by Gasteiger charge is -2.06. The number of hydrogen-bond donors (Lipinski definition) is 2. The van der Waals surface area contributed by atoms with E-state index < -0.39 is 0 Å². The fraction of sp³-hybridized carbons (Fsp3) is 0.400. The molecule has 0 bridgehead atoms. The smallest absolute Gasteiger partial charge is 0.261 e. The van der Waals surface area contributed by atoms with Crippen LogP contribution in [-0.2, 0) is 11.3 Å². The van der Waals surface area contributed by atoms with Crippen molar-refractivity contribution < 1.29 is 4.74 Å². The molecule has 1 aromatic heterocycles. The molecule has 82 valence electrons. The third-order valence-electron chi connectivity index (χ3n) is 2.06. The van der Waals surface area contributed by atoms with E-state index in [4.69, 9.17) is 15.9 Å². The minimum absolute atomic E-state index is 0.193. The van der Waals surface area contributed by atoms with Crippen LogP contribution in [0, 0.1) is 5.41 Å². The number of hydrogen-bond acceptors (Lipinski definition) is 3. The summed E-state index contributed by atoms with van der Waals surface area (Å²) in [6.07, 6.45) is 2.45. The molecule has 1 heterocycles. The van der Waals surface area contributed by atoms with Crippen molar-refractivity contribution in [1.82, 2.24) is 4.57 Å². The summed E-state index contributed by atoms with van der Waals surface area (Å²) in [5.41, 5.74) is 5.31. The third-order valence-corrected chi connectivity index (χ3v) is 2.06. The van der Waals surface area contributed by atoms with Crippen LogP contribution in [0.15, 0.2) is 23.1 Å². The Morgan fingerprint density at radius 3 is 3.00 bits per heavy atom. The molecule has 5 nitrogen and oxygen atoms in total. The first kappa shape index (κ1) is 11.5. The molecule has 1 rings (SSSR count). The predicted molar refractivity (Wildman–Crippen MR) is 58.2 cm³/mol. The number of rotatable bonds is 5. The highest BCUT2D eigenvalue weighted by Gasteiger charge is 2.04. The molecule has 0 aliphatic heterocycles. The molecule has 0 amide bonds. The number of methoxy groups -OCH3 is 1. The maximum atomic E-state index is 11.7. The Kier molecular flexibility index (Phi) is 4.05. The zero-order valence-electron chi connectivity index (χ0n) is 8.69. The van der Waals surface area contributed by atoms with Gasteiger partial charge < -0.3 is 15.0 Å². The lowest BCUT2D eigenvalue weighted by Crippen LogP contribution is -2.29. The predicted octanol–water partition coefficient (Wildman–Crippen LogP) is 0.169. The molecular formula is C10H15N3O2. The van der Waals surface area contributed by atoms with Crippen LogP contribution in [0.25, 0.3) is 0 Å². The highest BCUT2D eigenvalue weighted by atomic mass is 16.5. The average molecular weight is 209 g/mol. The monoisotopic (exact) mass is 209 g/mol. The summed E-state index contributed by atoms with van der Waals surface area (Å²) in [7, 11) is 1.62. The van der Waals surface area contributed by atoms with Gasteiger partial charge in [-0.25, -0.2) is 0 Å². The quantitative estimate of drug-likeness (QED) is 0.412. The Balaban J connectivity index is 2.85. The maximum absolute atomic E-state index is 11.7. The Morgan fingerprint density at radius 2 is 2.40 bits per heavy atom. The minimum atomic E-state index is -0.221. The Morgan fingerprint density at radius 1 is 1.67 bits per heavy atom. The number of pyridine rings is 1. The molecule has 1 aromatic rings. The maximum Gasteiger partial charge on any atom is 0.261 e. The summed E-state index contributed by atoms with van der Waals surface area (Å²) in [6, 6.07) is 3.27. The first-order valence-electron chi connectivity index (χ1n) is 4.69. The fourth-order valence-electron chi connectivity index (χ4n) is 1.30. The normalized spacial score (nSPS) is 10.2. The summed E-state index contributed by atoms with van der Waals surface area (Å²) in [5.74, 6) is -0.193. The van der Waals surface area contributed by atoms with Crippen LogP contribution in [0.3, 0.4) is 0 Å². The number of ether oxygens (including phenoxy) is 1. The molecule has 0 radical (unpaired) electrons. The van der Waals surface area contributed by atoms with Gasteiger partial charge in [0.1, 0.15) is 5.84 Å². The van der Waals surface area contributed by atoms with E-state index >= 15 is 0 Å². The van der Waals surface area contributed by atoms with Gasteiger partial charge in [0.2, 0.25) is 0 Å². The van der Waals surface area contributed by atoms with Crippen LogP contribution in [0.2, 0.25) is 0 Å². The molecule has 0 fully saturated rings. The molecule has 0 saturated heterocycles. The van der Waals surface area contributed by atoms with E-state index in [0.29, 0.717) is 13.2 Å². The van der Waals surface area contributed by atoms with E-state index in [1.165, 1.54) is 4.57 Å². The SMILES string of the molecule is COCCCn1cccc(C(=N)N)c1=O. The van der Waals surface area contributed by atoms with E-state index in [-0.39, 0.29) is 17.0 Å². The number of amidine groups is 1. The van der Waals surface area contributed by atoms with Gasteiger partial charge in [0.15, 0.2) is 0 Å². The number of nitrogens with zero attached hydrogens (tertiary/aromatic N) is 1. The molecule has 0 aromatic carbocycles. The van der Waals surface area contributed by atoms with Crippen molar-refractivity contribution in [3.63, 3.8) is 0 Å². The lowest BCUT2D eigenvalue weighted by molar-refractivity contribution is 0.190. The number of nitrogen functional groups attached to an aromatic ring is 1. The fourth-order valence-corrected chi connectivity index (χ4v) is 1.30. The average Bonchev–Trinajstić information content (AvgIpc) is 2.20. The van der Waals surface area contributed by atoms with Crippen LogP contribution >= 0.6 is 0 Å². The highest BCUT2D eigenvalue weighted by Crippen LogP contribution is 1.93. The molecule has 0 aliphatic rings. The first-order chi connectivity index (χ1) is 7.16. The van der Waals surface area contributed by atoms with Gasteiger partial charge in [-0.2, -0.15) is 0 Å². The van der Waals surface area contributed by atoms with Crippen LogP contribution in [0.5, 0.6) is 0 Å². The lowest BCUT2D eigenvalue weighted by atomic mass is 10.2. The Hall–Kier alpha value is -1.62. The largest absolute Gasteiger partial charge is 0.385 e. The van der Waals surface area contributed by atoms with Gasteiger partial charge in [-0.05, 0) is 18.6 Å². The summed E-state index contributed by atoms with van der Waals surface area (Å²) >= 11 is 0. The number of nitrogens with two attached hydrogens (primary N) is 1. The molecule has 0 atom stereocenters. The van der Waals surface area contributed by atoms with E-state index in [1.807, 2.05) is 0 Å². The number of aryl methyl sites for hydroxylation is 1. The summed E-state index contributed by atoms with van der Waals surface area (Å²) in [6.45, 7) is 1.19. The molecule has 5 heteroatoms. The van der Waals surface area contributed by atoms with E-state index in [9.17, 15) is 4.79 Å². The van der Waals surface area contributed by atoms with Crippen molar-refractivity contribution in [3.8, 4) is 0 Å². The second-order valence-corrected chi connectivity index (χ2v) is 3.18. The van der Waals surface area contributed by atoms with Crippen molar-refractivity contribution >= 4 is 5.84 Å². The van der Waals surface area contributed by atoms with Crippen molar-refractivity contribution in [3.05, 3.63) is 34.2 Å². The second kappa shape index (κ2) is 5.31. The van der Waals surface area contributed by atoms with Crippen molar-refractivity contribution in [2.75, 3.05) is 13.7 Å². The molecular weight excluding hydrogens is 194 g/mol. The van der Waals surface area contributed by atoms with Gasteiger partial charge in [0, 0.05) is 26.5 Å². The molecule has 15 heavy (non-hydrogen) atoms. The van der Waals surface area contributed by atoms with Gasteiger partial charge >= 0.3 is 0 Å². The minimum Gasteiger partial charge on any atom is -0.385 e. The zero-order valence-corrected chi connectivity index (χ0v) is 8.69. The Labute approximate surface area is 88.0 Å². The van der Waals surface area contributed by atoms with Crippen LogP contribution < -0.4 is 11.3 Å². The van der Waals surface area contributed by atoms with Gasteiger partial charge in [0.25, 0.3) is 5.56 Å². The van der Waals surface area contributed by atoms with E-state index in [1.54, 1.807) is 25.4 Å². The van der Waals surface area contributed by atoms with Gasteiger partial charge in [-0.3, -0.25) is 10.2 Å². The van der Waals surface area contributed by atoms with Crippen molar-refractivity contribution in [2.45, 2.75) is 13.0 Å². The topological polar surface area (TPSA) is 81.1 Å².